The third kappa shape index (κ3) is 1.13. The van der Waals surface area contributed by atoms with Crippen LogP contribution in [0.25, 0.3) is 0 Å². The number of thiol groups is 1. The highest BCUT2D eigenvalue weighted by Crippen LogP contribution is 1.95. The Morgan fingerprint density at radius 3 is 2.90 bits per heavy atom. The van der Waals surface area contributed by atoms with E-state index < -0.39 is 0 Å². The van der Waals surface area contributed by atoms with E-state index in [1.54, 1.807) is 6.92 Å². The summed E-state index contributed by atoms with van der Waals surface area (Å²) >= 11 is 3.84. The molecule has 10 heavy (non-hydrogen) atoms. The fraction of sp³-hybridized carbons (Fsp3) is 0.200. The van der Waals surface area contributed by atoms with Crippen LogP contribution < -0.4 is 11.3 Å². The maximum absolute atomic E-state index is 10.8. The van der Waals surface area contributed by atoms with Gasteiger partial charge in [-0.25, -0.2) is 8.96 Å². The molecule has 0 aliphatic carbocycles. The van der Waals surface area contributed by atoms with Gasteiger partial charge in [0.05, 0.1) is 0 Å². The second kappa shape index (κ2) is 2.34. The number of aromatic nitrogens is 2. The first kappa shape index (κ1) is 7.14. The molecule has 2 N–H and O–H groups in total. The van der Waals surface area contributed by atoms with Crippen LogP contribution in [0.1, 0.15) is 5.82 Å². The lowest BCUT2D eigenvalue weighted by molar-refractivity contribution is 0.980. The monoisotopic (exact) mass is 157 g/mol. The van der Waals surface area contributed by atoms with Crippen LogP contribution >= 0.6 is 12.8 Å². The molecule has 0 saturated heterocycles. The van der Waals surface area contributed by atoms with Gasteiger partial charge in [0.25, 0.3) is 5.56 Å². The second-order valence-electron chi connectivity index (χ2n) is 1.88. The van der Waals surface area contributed by atoms with Crippen LogP contribution in [0.15, 0.2) is 10.9 Å². The number of nitrogen functional groups attached to an aromatic ring is 1. The molecule has 0 fully saturated rings. The molecule has 0 spiro atoms. The molecule has 0 radical (unpaired) electrons. The molecule has 1 heterocycles. The number of rotatable bonds is 0. The van der Waals surface area contributed by atoms with E-state index in [1.165, 1.54) is 6.07 Å². The quantitative estimate of drug-likeness (QED) is 0.514. The summed E-state index contributed by atoms with van der Waals surface area (Å²) in [5.74, 6) is 0.723. The molecule has 0 unspecified atom stereocenters. The standard InChI is InChI=1S/C5H7N3OS/c1-3-7-4(6)2-5(9)8(3)10/h2,10H,6H2,1H3. The number of anilines is 1. The summed E-state index contributed by atoms with van der Waals surface area (Å²) in [4.78, 5) is 14.6. The lowest BCUT2D eigenvalue weighted by Gasteiger charge is -1.99. The van der Waals surface area contributed by atoms with Gasteiger partial charge in [0, 0.05) is 6.07 Å². The molecule has 5 heteroatoms. The lowest BCUT2D eigenvalue weighted by Crippen LogP contribution is -2.16. The van der Waals surface area contributed by atoms with Gasteiger partial charge in [0.1, 0.15) is 11.6 Å². The minimum Gasteiger partial charge on any atom is -0.383 e. The molecule has 0 aromatic carbocycles. The minimum absolute atomic E-state index is 0.229. The van der Waals surface area contributed by atoms with E-state index in [2.05, 4.69) is 17.8 Å². The SMILES string of the molecule is Cc1nc(N)cc(=O)n1S. The Labute approximate surface area is 63.2 Å². The van der Waals surface area contributed by atoms with Gasteiger partial charge in [0.2, 0.25) is 0 Å². The molecule has 0 atom stereocenters. The third-order valence-electron chi connectivity index (χ3n) is 1.08. The average molecular weight is 157 g/mol. The van der Waals surface area contributed by atoms with Crippen molar-refractivity contribution in [2.45, 2.75) is 6.92 Å². The highest BCUT2D eigenvalue weighted by Gasteiger charge is 1.96. The first-order chi connectivity index (χ1) is 4.61. The van der Waals surface area contributed by atoms with Crippen LogP contribution in [0.5, 0.6) is 0 Å². The van der Waals surface area contributed by atoms with Gasteiger partial charge in [-0.1, -0.05) is 12.8 Å². The van der Waals surface area contributed by atoms with E-state index >= 15 is 0 Å². The predicted molar refractivity (Wildman–Crippen MR) is 42.0 cm³/mol. The van der Waals surface area contributed by atoms with E-state index in [0.717, 1.165) is 3.97 Å². The Morgan fingerprint density at radius 1 is 1.80 bits per heavy atom. The van der Waals surface area contributed by atoms with E-state index in [1.807, 2.05) is 0 Å². The molecular formula is C5H7N3OS. The summed E-state index contributed by atoms with van der Waals surface area (Å²) in [7, 11) is 0. The molecule has 54 valence electrons. The normalized spacial score (nSPS) is 9.80. The van der Waals surface area contributed by atoms with E-state index in [9.17, 15) is 4.79 Å². The summed E-state index contributed by atoms with van der Waals surface area (Å²) in [6.45, 7) is 1.66. The largest absolute Gasteiger partial charge is 0.383 e. The fourth-order valence-electron chi connectivity index (χ4n) is 0.614. The van der Waals surface area contributed by atoms with Crippen LogP contribution in [-0.4, -0.2) is 8.96 Å². The van der Waals surface area contributed by atoms with Gasteiger partial charge >= 0.3 is 0 Å². The molecular weight excluding hydrogens is 150 g/mol. The van der Waals surface area contributed by atoms with Crippen molar-refractivity contribution in [2.24, 2.45) is 0 Å². The zero-order valence-corrected chi connectivity index (χ0v) is 6.30. The minimum atomic E-state index is -0.256. The first-order valence-corrected chi connectivity index (χ1v) is 3.06. The first-order valence-electron chi connectivity index (χ1n) is 2.66. The van der Waals surface area contributed by atoms with Gasteiger partial charge in [-0.3, -0.25) is 4.79 Å². The molecule has 0 amide bonds. The van der Waals surface area contributed by atoms with E-state index in [-0.39, 0.29) is 11.4 Å². The van der Waals surface area contributed by atoms with Crippen LogP contribution in [0.3, 0.4) is 0 Å². The Balaban J connectivity index is 3.46. The Morgan fingerprint density at radius 2 is 2.40 bits per heavy atom. The van der Waals surface area contributed by atoms with Crippen molar-refractivity contribution >= 4 is 18.6 Å². The van der Waals surface area contributed by atoms with Crippen molar-refractivity contribution in [2.75, 3.05) is 5.73 Å². The molecule has 0 bridgehead atoms. The van der Waals surface area contributed by atoms with Gasteiger partial charge < -0.3 is 5.73 Å². The van der Waals surface area contributed by atoms with Gasteiger partial charge in [-0.15, -0.1) is 0 Å². The summed E-state index contributed by atoms with van der Waals surface area (Å²) in [5.41, 5.74) is 5.01. The summed E-state index contributed by atoms with van der Waals surface area (Å²) < 4.78 is 1.14. The van der Waals surface area contributed by atoms with Crippen LogP contribution in [0.2, 0.25) is 0 Å². The number of aryl methyl sites for hydroxylation is 1. The molecule has 0 aliphatic heterocycles. The lowest BCUT2D eigenvalue weighted by atomic mass is 10.5. The highest BCUT2D eigenvalue weighted by atomic mass is 32.1. The van der Waals surface area contributed by atoms with Crippen molar-refractivity contribution in [3.8, 4) is 0 Å². The Kier molecular flexibility index (Phi) is 1.67. The smallest absolute Gasteiger partial charge is 0.265 e. The van der Waals surface area contributed by atoms with Crippen LogP contribution in [-0.2, 0) is 0 Å². The van der Waals surface area contributed by atoms with Crippen LogP contribution in [0.4, 0.5) is 5.82 Å². The maximum atomic E-state index is 10.8. The van der Waals surface area contributed by atoms with E-state index in [4.69, 9.17) is 5.73 Å². The van der Waals surface area contributed by atoms with Crippen molar-refractivity contribution < 1.29 is 0 Å². The average Bonchev–Trinajstić information content (AvgIpc) is 1.82. The predicted octanol–water partition coefficient (Wildman–Crippen LogP) is -0.173. The van der Waals surface area contributed by atoms with Crippen LogP contribution in [0, 0.1) is 6.92 Å². The third-order valence-corrected chi connectivity index (χ3v) is 1.56. The second-order valence-corrected chi connectivity index (χ2v) is 2.28. The van der Waals surface area contributed by atoms with Gasteiger partial charge in [-0.2, -0.15) is 0 Å². The summed E-state index contributed by atoms with van der Waals surface area (Å²) in [6, 6.07) is 1.22. The van der Waals surface area contributed by atoms with Crippen molar-refractivity contribution in [3.63, 3.8) is 0 Å². The van der Waals surface area contributed by atoms with Gasteiger partial charge in [0.15, 0.2) is 0 Å². The highest BCUT2D eigenvalue weighted by molar-refractivity contribution is 7.78. The van der Waals surface area contributed by atoms with Gasteiger partial charge in [-0.05, 0) is 6.92 Å². The summed E-state index contributed by atoms with van der Waals surface area (Å²) in [5, 5.41) is 0. The molecule has 1 aromatic heterocycles. The zero-order chi connectivity index (χ0) is 7.72. The molecule has 0 aliphatic rings. The number of nitrogens with two attached hydrogens (primary N) is 1. The molecule has 4 nitrogen and oxygen atoms in total. The Bertz CT molecular complexity index is 306. The van der Waals surface area contributed by atoms with Crippen molar-refractivity contribution in [3.05, 3.63) is 22.2 Å². The fourth-order valence-corrected chi connectivity index (χ4v) is 0.716. The number of nitrogens with zero attached hydrogens (tertiary/aromatic N) is 2. The summed E-state index contributed by atoms with van der Waals surface area (Å²) in [6.07, 6.45) is 0. The maximum Gasteiger partial charge on any atom is 0.265 e. The van der Waals surface area contributed by atoms with Crippen molar-refractivity contribution in [1.82, 2.24) is 8.96 Å². The van der Waals surface area contributed by atoms with E-state index in [0.29, 0.717) is 5.82 Å². The number of hydrogen-bond donors (Lipinski definition) is 2. The molecule has 1 aromatic rings. The zero-order valence-electron chi connectivity index (χ0n) is 5.40. The molecule has 0 saturated carbocycles. The number of hydrogen-bond acceptors (Lipinski definition) is 4. The Hall–Kier alpha value is -0.970. The van der Waals surface area contributed by atoms with Crippen molar-refractivity contribution in [1.29, 1.82) is 0 Å². The molecule has 1 rings (SSSR count). The topological polar surface area (TPSA) is 60.9 Å².